The average molecular weight is 352 g/mol. The first kappa shape index (κ1) is 18.1. The molecule has 0 aliphatic carbocycles. The summed E-state index contributed by atoms with van der Waals surface area (Å²) in [5.74, 6) is 1.01. The molecule has 0 amide bonds. The van der Waals surface area contributed by atoms with Crippen molar-refractivity contribution in [2.75, 3.05) is 6.61 Å². The normalized spacial score (nSPS) is 11.0. The van der Waals surface area contributed by atoms with Gasteiger partial charge in [0.1, 0.15) is 29.3 Å². The molecule has 2 aromatic carbocycles. The Hall–Kier alpha value is -2.75. The topological polar surface area (TPSA) is 48.7 Å². The number of furan rings is 1. The highest BCUT2D eigenvalue weighted by atomic mass is 16.5. The Kier molecular flexibility index (Phi) is 5.03. The number of aryl methyl sites for hydroxylation is 3. The van der Waals surface area contributed by atoms with Crippen molar-refractivity contribution in [3.05, 3.63) is 63.9 Å². The molecule has 0 fully saturated rings. The van der Waals surface area contributed by atoms with Crippen molar-refractivity contribution in [2.45, 2.75) is 41.2 Å². The van der Waals surface area contributed by atoms with Crippen molar-refractivity contribution in [2.24, 2.45) is 0 Å². The van der Waals surface area contributed by atoms with Gasteiger partial charge in [0.05, 0.1) is 6.61 Å². The van der Waals surface area contributed by atoms with Crippen LogP contribution in [0.15, 0.2) is 34.7 Å². The molecule has 0 radical (unpaired) electrons. The highest BCUT2D eigenvalue weighted by Gasteiger charge is 2.25. The van der Waals surface area contributed by atoms with Crippen LogP contribution in [0.1, 0.15) is 45.3 Å². The first-order valence-electron chi connectivity index (χ1n) is 8.82. The van der Waals surface area contributed by atoms with E-state index < -0.39 is 0 Å². The molecule has 0 aliphatic heterocycles. The van der Waals surface area contributed by atoms with Crippen molar-refractivity contribution in [1.82, 2.24) is 0 Å². The van der Waals surface area contributed by atoms with Crippen LogP contribution < -0.4 is 4.74 Å². The number of fused-ring (bicyclic) bond motifs is 1. The van der Waals surface area contributed by atoms with Crippen LogP contribution in [-0.4, -0.2) is 12.6 Å². The third-order valence-electron chi connectivity index (χ3n) is 4.75. The Bertz CT molecular complexity index is 952. The largest absolute Gasteiger partial charge is 0.488 e. The Labute approximate surface area is 153 Å². The Morgan fingerprint density at radius 1 is 1.00 bits per heavy atom. The lowest BCUT2D eigenvalue weighted by atomic mass is 9.97. The summed E-state index contributed by atoms with van der Waals surface area (Å²) in [5, 5.41) is 0.784. The monoisotopic (exact) mass is 352 g/mol. The van der Waals surface area contributed by atoms with Gasteiger partial charge in [-0.1, -0.05) is 30.3 Å². The number of hydrogen-bond acceptors (Lipinski definition) is 4. The van der Waals surface area contributed by atoms with E-state index in [1.807, 2.05) is 51.1 Å². The molecule has 4 nitrogen and oxygen atoms in total. The van der Waals surface area contributed by atoms with E-state index in [0.717, 1.165) is 39.0 Å². The lowest BCUT2D eigenvalue weighted by molar-refractivity contribution is 0.0526. The first-order chi connectivity index (χ1) is 12.5. The smallest absolute Gasteiger partial charge is 0.342 e. The molecule has 0 saturated carbocycles. The number of carbonyl (C=O) groups excluding carboxylic acids is 1. The zero-order chi connectivity index (χ0) is 18.8. The number of esters is 1. The molecule has 0 spiro atoms. The van der Waals surface area contributed by atoms with E-state index in [1.54, 1.807) is 13.8 Å². The minimum atomic E-state index is -0.357. The molecule has 3 aromatic rings. The van der Waals surface area contributed by atoms with E-state index in [1.165, 1.54) is 0 Å². The van der Waals surface area contributed by atoms with Crippen LogP contribution in [0.2, 0.25) is 0 Å². The zero-order valence-corrected chi connectivity index (χ0v) is 15.9. The maximum absolute atomic E-state index is 12.5. The van der Waals surface area contributed by atoms with E-state index in [0.29, 0.717) is 24.5 Å². The summed E-state index contributed by atoms with van der Waals surface area (Å²) in [5.41, 5.74) is 5.22. The molecule has 26 heavy (non-hydrogen) atoms. The second-order valence-electron chi connectivity index (χ2n) is 6.44. The minimum Gasteiger partial charge on any atom is -0.488 e. The number of hydrogen-bond donors (Lipinski definition) is 0. The van der Waals surface area contributed by atoms with E-state index in [2.05, 4.69) is 0 Å². The van der Waals surface area contributed by atoms with Gasteiger partial charge in [-0.2, -0.15) is 0 Å². The summed E-state index contributed by atoms with van der Waals surface area (Å²) in [6.45, 7) is 10.4. The summed E-state index contributed by atoms with van der Waals surface area (Å²) in [7, 11) is 0. The number of ether oxygens (including phenoxy) is 2. The molecule has 0 aliphatic rings. The van der Waals surface area contributed by atoms with Crippen LogP contribution in [0.3, 0.4) is 0 Å². The third kappa shape index (κ3) is 3.07. The molecule has 0 saturated heterocycles. The highest BCUT2D eigenvalue weighted by molar-refractivity contribution is 6.07. The van der Waals surface area contributed by atoms with Gasteiger partial charge in [-0.25, -0.2) is 4.79 Å². The van der Waals surface area contributed by atoms with Gasteiger partial charge in [0.25, 0.3) is 0 Å². The number of carbonyl (C=O) groups is 1. The fourth-order valence-electron chi connectivity index (χ4n) is 3.30. The standard InChI is InChI=1S/C22H24O4/c1-6-24-22(23)19-16(5)26-21-14(3)13(2)20(15(4)18(19)21)25-12-17-10-8-7-9-11-17/h7-11H,6,12H2,1-5H3. The predicted octanol–water partition coefficient (Wildman–Crippen LogP) is 5.42. The van der Waals surface area contributed by atoms with E-state index in [-0.39, 0.29) is 5.97 Å². The van der Waals surface area contributed by atoms with Gasteiger partial charge < -0.3 is 13.9 Å². The van der Waals surface area contributed by atoms with Crippen molar-refractivity contribution < 1.29 is 18.7 Å². The fraction of sp³-hybridized carbons (Fsp3) is 0.318. The van der Waals surface area contributed by atoms with Crippen molar-refractivity contribution in [3.63, 3.8) is 0 Å². The molecular weight excluding hydrogens is 328 g/mol. The van der Waals surface area contributed by atoms with Gasteiger partial charge in [0, 0.05) is 10.9 Å². The van der Waals surface area contributed by atoms with Crippen LogP contribution in [0.25, 0.3) is 11.0 Å². The van der Waals surface area contributed by atoms with E-state index in [4.69, 9.17) is 13.9 Å². The first-order valence-corrected chi connectivity index (χ1v) is 8.82. The molecule has 0 unspecified atom stereocenters. The van der Waals surface area contributed by atoms with Crippen LogP contribution in [0, 0.1) is 27.7 Å². The van der Waals surface area contributed by atoms with Crippen molar-refractivity contribution in [1.29, 1.82) is 0 Å². The highest BCUT2D eigenvalue weighted by Crippen LogP contribution is 2.39. The molecule has 3 rings (SSSR count). The zero-order valence-electron chi connectivity index (χ0n) is 15.9. The lowest BCUT2D eigenvalue weighted by Crippen LogP contribution is -2.07. The summed E-state index contributed by atoms with van der Waals surface area (Å²) >= 11 is 0. The second kappa shape index (κ2) is 7.24. The SMILES string of the molecule is CCOC(=O)c1c(C)oc2c(C)c(C)c(OCc3ccccc3)c(C)c12. The summed E-state index contributed by atoms with van der Waals surface area (Å²) in [4.78, 5) is 12.5. The molecule has 136 valence electrons. The third-order valence-corrected chi connectivity index (χ3v) is 4.75. The van der Waals surface area contributed by atoms with Crippen LogP contribution in [-0.2, 0) is 11.3 Å². The average Bonchev–Trinajstić information content (AvgIpc) is 2.98. The molecule has 0 bridgehead atoms. The fourth-order valence-corrected chi connectivity index (χ4v) is 3.30. The summed E-state index contributed by atoms with van der Waals surface area (Å²) in [6, 6.07) is 10.0. The molecule has 1 heterocycles. The van der Waals surface area contributed by atoms with Gasteiger partial charge in [-0.3, -0.25) is 0 Å². The number of rotatable bonds is 5. The Balaban J connectivity index is 2.12. The van der Waals surface area contributed by atoms with Crippen LogP contribution >= 0.6 is 0 Å². The molecule has 4 heteroatoms. The van der Waals surface area contributed by atoms with Crippen molar-refractivity contribution >= 4 is 16.9 Å². The minimum absolute atomic E-state index is 0.326. The Morgan fingerprint density at radius 3 is 2.35 bits per heavy atom. The number of benzene rings is 2. The molecule has 0 atom stereocenters. The Morgan fingerprint density at radius 2 is 1.69 bits per heavy atom. The van der Waals surface area contributed by atoms with Gasteiger partial charge >= 0.3 is 5.97 Å². The second-order valence-corrected chi connectivity index (χ2v) is 6.44. The van der Waals surface area contributed by atoms with E-state index >= 15 is 0 Å². The summed E-state index contributed by atoms with van der Waals surface area (Å²) in [6.07, 6.45) is 0. The lowest BCUT2D eigenvalue weighted by Gasteiger charge is -2.16. The maximum atomic E-state index is 12.5. The van der Waals surface area contributed by atoms with Gasteiger partial charge in [-0.15, -0.1) is 0 Å². The summed E-state index contributed by atoms with van der Waals surface area (Å²) < 4.78 is 17.3. The van der Waals surface area contributed by atoms with Crippen LogP contribution in [0.4, 0.5) is 0 Å². The van der Waals surface area contributed by atoms with Gasteiger partial charge in [0.2, 0.25) is 0 Å². The quantitative estimate of drug-likeness (QED) is 0.575. The molecule has 0 N–H and O–H groups in total. The predicted molar refractivity (Wildman–Crippen MR) is 102 cm³/mol. The molecule has 1 aromatic heterocycles. The van der Waals surface area contributed by atoms with Gasteiger partial charge in [0.15, 0.2) is 0 Å². The molecular formula is C22H24O4. The van der Waals surface area contributed by atoms with Crippen molar-refractivity contribution in [3.8, 4) is 5.75 Å². The maximum Gasteiger partial charge on any atom is 0.342 e. The van der Waals surface area contributed by atoms with Gasteiger partial charge in [-0.05, 0) is 51.3 Å². The van der Waals surface area contributed by atoms with E-state index in [9.17, 15) is 4.79 Å². The van der Waals surface area contributed by atoms with Crippen LogP contribution in [0.5, 0.6) is 5.75 Å².